The lowest BCUT2D eigenvalue weighted by Gasteiger charge is -2.09. The van der Waals surface area contributed by atoms with Crippen molar-refractivity contribution in [1.82, 2.24) is 10.3 Å². The largest absolute Gasteiger partial charge is 0.376 e. The van der Waals surface area contributed by atoms with Crippen LogP contribution in [-0.2, 0) is 14.3 Å². The van der Waals surface area contributed by atoms with Crippen molar-refractivity contribution >= 4 is 56.9 Å². The van der Waals surface area contributed by atoms with Gasteiger partial charge in [0.05, 0.1) is 22.1 Å². The van der Waals surface area contributed by atoms with Gasteiger partial charge in [-0.15, -0.1) is 11.3 Å². The smallest absolute Gasteiger partial charge is 0.248 e. The van der Waals surface area contributed by atoms with Crippen molar-refractivity contribution in [1.29, 1.82) is 0 Å². The van der Waals surface area contributed by atoms with Crippen molar-refractivity contribution in [2.75, 3.05) is 24.2 Å². The molecule has 31 heavy (non-hydrogen) atoms. The van der Waals surface area contributed by atoms with Gasteiger partial charge in [-0.05, 0) is 42.7 Å². The number of aromatic nitrogens is 1. The maximum Gasteiger partial charge on any atom is 0.248 e. The zero-order chi connectivity index (χ0) is 21.5. The van der Waals surface area contributed by atoms with Gasteiger partial charge in [-0.3, -0.25) is 9.59 Å². The summed E-state index contributed by atoms with van der Waals surface area (Å²) >= 11 is 2.93. The van der Waals surface area contributed by atoms with Crippen LogP contribution in [0.25, 0.3) is 16.3 Å². The molecule has 0 saturated carbocycles. The second-order valence-corrected chi connectivity index (χ2v) is 9.38. The van der Waals surface area contributed by atoms with E-state index in [0.29, 0.717) is 18.0 Å². The van der Waals surface area contributed by atoms with Crippen molar-refractivity contribution in [3.05, 3.63) is 60.2 Å². The number of carbonyl (C=O) groups excluding carboxylic acids is 2. The van der Waals surface area contributed by atoms with Crippen molar-refractivity contribution in [2.24, 2.45) is 0 Å². The van der Waals surface area contributed by atoms with E-state index < -0.39 is 0 Å². The van der Waals surface area contributed by atoms with Gasteiger partial charge >= 0.3 is 0 Å². The summed E-state index contributed by atoms with van der Waals surface area (Å²) in [6.07, 6.45) is 5.51. The number of thiazole rings is 1. The maximum absolute atomic E-state index is 12.2. The van der Waals surface area contributed by atoms with E-state index in [1.54, 1.807) is 6.08 Å². The Labute approximate surface area is 189 Å². The van der Waals surface area contributed by atoms with Gasteiger partial charge in [-0.2, -0.15) is 0 Å². The van der Waals surface area contributed by atoms with Gasteiger partial charge in [0.2, 0.25) is 11.8 Å². The summed E-state index contributed by atoms with van der Waals surface area (Å²) < 4.78 is 7.31. The van der Waals surface area contributed by atoms with Crippen molar-refractivity contribution < 1.29 is 14.3 Å². The summed E-state index contributed by atoms with van der Waals surface area (Å²) in [5.74, 6) is 0.114. The predicted molar refractivity (Wildman–Crippen MR) is 126 cm³/mol. The molecule has 2 N–H and O–H groups in total. The highest BCUT2D eigenvalue weighted by Crippen LogP contribution is 2.31. The van der Waals surface area contributed by atoms with Crippen molar-refractivity contribution in [2.45, 2.75) is 23.3 Å². The van der Waals surface area contributed by atoms with Gasteiger partial charge in [0.15, 0.2) is 4.34 Å². The SMILES string of the molecule is O=C(C=Cc1ccccc1)Nc1ccc2nc(SCC(=O)NCC3CCCO3)sc2c1. The molecule has 2 heterocycles. The van der Waals surface area contributed by atoms with Crippen LogP contribution >= 0.6 is 23.1 Å². The van der Waals surface area contributed by atoms with Gasteiger partial charge in [0.25, 0.3) is 0 Å². The first-order chi connectivity index (χ1) is 15.2. The second-order valence-electron chi connectivity index (χ2n) is 7.12. The highest BCUT2D eigenvalue weighted by molar-refractivity contribution is 8.01. The van der Waals surface area contributed by atoms with Crippen LogP contribution < -0.4 is 10.6 Å². The third-order valence-electron chi connectivity index (χ3n) is 4.74. The molecule has 3 aromatic rings. The molecule has 1 fully saturated rings. The number of nitrogens with zero attached hydrogens (tertiary/aromatic N) is 1. The molecule has 1 aliphatic rings. The minimum atomic E-state index is -0.190. The highest BCUT2D eigenvalue weighted by Gasteiger charge is 2.16. The number of nitrogens with one attached hydrogen (secondary N) is 2. The van der Waals surface area contributed by atoms with Crippen molar-refractivity contribution in [3.63, 3.8) is 0 Å². The number of thioether (sulfide) groups is 1. The minimum absolute atomic E-state index is 0.0158. The molecule has 0 bridgehead atoms. The third-order valence-corrected chi connectivity index (χ3v) is 6.90. The van der Waals surface area contributed by atoms with Crippen LogP contribution in [0.5, 0.6) is 0 Å². The maximum atomic E-state index is 12.2. The monoisotopic (exact) mass is 453 g/mol. The van der Waals surface area contributed by atoms with E-state index in [0.717, 1.165) is 39.6 Å². The lowest BCUT2D eigenvalue weighted by atomic mass is 10.2. The molecule has 4 rings (SSSR count). The minimum Gasteiger partial charge on any atom is -0.376 e. The molecule has 160 valence electrons. The second kappa shape index (κ2) is 10.6. The molecular weight excluding hydrogens is 430 g/mol. The Kier molecular flexibility index (Phi) is 7.35. The van der Waals surface area contributed by atoms with E-state index in [9.17, 15) is 9.59 Å². The molecule has 1 aliphatic heterocycles. The Morgan fingerprint density at radius 3 is 2.90 bits per heavy atom. The summed E-state index contributed by atoms with van der Waals surface area (Å²) in [5.41, 5.74) is 2.53. The molecule has 1 saturated heterocycles. The van der Waals surface area contributed by atoms with Gasteiger partial charge < -0.3 is 15.4 Å². The average Bonchev–Trinajstić information content (AvgIpc) is 3.45. The van der Waals surface area contributed by atoms with Gasteiger partial charge in [0, 0.05) is 24.9 Å². The highest BCUT2D eigenvalue weighted by atomic mass is 32.2. The molecule has 6 nitrogen and oxygen atoms in total. The molecule has 0 aliphatic carbocycles. The normalized spacial score (nSPS) is 16.1. The first-order valence-corrected chi connectivity index (χ1v) is 11.9. The zero-order valence-corrected chi connectivity index (χ0v) is 18.5. The van der Waals surface area contributed by atoms with Crippen LogP contribution in [-0.4, -0.2) is 41.8 Å². The molecule has 1 aromatic heterocycles. The van der Waals surface area contributed by atoms with Crippen LogP contribution in [0.4, 0.5) is 5.69 Å². The van der Waals surface area contributed by atoms with E-state index in [1.165, 1.54) is 29.2 Å². The van der Waals surface area contributed by atoms with Gasteiger partial charge in [-0.25, -0.2) is 4.98 Å². The van der Waals surface area contributed by atoms with Gasteiger partial charge in [0.1, 0.15) is 0 Å². The zero-order valence-electron chi connectivity index (χ0n) is 16.9. The topological polar surface area (TPSA) is 80.3 Å². The number of hydrogen-bond acceptors (Lipinski definition) is 6. The van der Waals surface area contributed by atoms with Crippen LogP contribution in [0.15, 0.2) is 58.9 Å². The Balaban J connectivity index is 1.29. The number of rotatable bonds is 8. The fourth-order valence-corrected chi connectivity index (χ4v) is 5.11. The van der Waals surface area contributed by atoms with E-state index in [-0.39, 0.29) is 17.9 Å². The number of hydrogen-bond donors (Lipinski definition) is 2. The summed E-state index contributed by atoms with van der Waals surface area (Å²) in [5, 5.41) is 5.80. The summed E-state index contributed by atoms with van der Waals surface area (Å²) in [4.78, 5) is 28.8. The Morgan fingerprint density at radius 2 is 2.10 bits per heavy atom. The molecule has 8 heteroatoms. The van der Waals surface area contributed by atoms with E-state index in [1.807, 2.05) is 48.5 Å². The Bertz CT molecular complexity index is 1080. The number of benzene rings is 2. The van der Waals surface area contributed by atoms with E-state index >= 15 is 0 Å². The van der Waals surface area contributed by atoms with Gasteiger partial charge in [-0.1, -0.05) is 42.1 Å². The molecule has 0 radical (unpaired) electrons. The third kappa shape index (κ3) is 6.40. The standard InChI is InChI=1S/C23H23N3O3S2/c27-21(11-8-16-5-2-1-3-6-16)25-17-9-10-19-20(13-17)31-23(26-19)30-15-22(28)24-14-18-7-4-12-29-18/h1-3,5-6,8-11,13,18H,4,7,12,14-15H2,(H,24,28)(H,25,27). The van der Waals surface area contributed by atoms with E-state index in [4.69, 9.17) is 4.74 Å². The predicted octanol–water partition coefficient (Wildman–Crippen LogP) is 4.34. The molecular formula is C23H23N3O3S2. The van der Waals surface area contributed by atoms with Crippen LogP contribution in [0, 0.1) is 0 Å². The number of fused-ring (bicyclic) bond motifs is 1. The van der Waals surface area contributed by atoms with Crippen LogP contribution in [0.2, 0.25) is 0 Å². The molecule has 2 amide bonds. The first kappa shape index (κ1) is 21.5. The summed E-state index contributed by atoms with van der Waals surface area (Å²) in [6.45, 7) is 1.35. The first-order valence-electron chi connectivity index (χ1n) is 10.1. The molecule has 1 unspecified atom stereocenters. The molecule has 0 spiro atoms. The molecule has 1 atom stereocenters. The number of amides is 2. The quantitative estimate of drug-likeness (QED) is 0.392. The van der Waals surface area contributed by atoms with Crippen molar-refractivity contribution in [3.8, 4) is 0 Å². The van der Waals surface area contributed by atoms with Crippen LogP contribution in [0.1, 0.15) is 18.4 Å². The summed E-state index contributed by atoms with van der Waals surface area (Å²) in [7, 11) is 0. The number of ether oxygens (including phenoxy) is 1. The van der Waals surface area contributed by atoms with Crippen LogP contribution in [0.3, 0.4) is 0 Å². The fraction of sp³-hybridized carbons (Fsp3) is 0.261. The lowest BCUT2D eigenvalue weighted by molar-refractivity contribution is -0.119. The average molecular weight is 454 g/mol. The number of anilines is 1. The number of carbonyl (C=O) groups is 2. The molecule has 2 aromatic carbocycles. The lowest BCUT2D eigenvalue weighted by Crippen LogP contribution is -2.32. The summed E-state index contributed by atoms with van der Waals surface area (Å²) in [6, 6.07) is 15.3. The Hall–Kier alpha value is -2.68. The Morgan fingerprint density at radius 1 is 1.23 bits per heavy atom. The fourth-order valence-electron chi connectivity index (χ4n) is 3.17. The van der Waals surface area contributed by atoms with E-state index in [2.05, 4.69) is 15.6 Å².